The lowest BCUT2D eigenvalue weighted by Gasteiger charge is -2.43. The van der Waals surface area contributed by atoms with Crippen LogP contribution in [0.1, 0.15) is 57.4 Å². The smallest absolute Gasteiger partial charge is 0.228 e. The Kier molecular flexibility index (Phi) is 7.58. The number of carbonyl (C=O) groups is 1. The standard InChI is InChI=1S/C24H38N2O3/c1-19(23(27)25(2)21-9-5-4-6-10-21)24(28)13-16-26(17-14-24)15-12-20-8-7-11-22(18-20)29-3/h7-8,11,18-19,21,28H,4-6,9-10,12-17H2,1-3H3. The summed E-state index contributed by atoms with van der Waals surface area (Å²) in [6.07, 6.45) is 8.20. The van der Waals surface area contributed by atoms with Gasteiger partial charge in [0.05, 0.1) is 18.6 Å². The fourth-order valence-corrected chi connectivity index (χ4v) is 4.90. The number of ether oxygens (including phenoxy) is 1. The summed E-state index contributed by atoms with van der Waals surface area (Å²) in [4.78, 5) is 17.4. The lowest BCUT2D eigenvalue weighted by molar-refractivity contribution is -0.149. The summed E-state index contributed by atoms with van der Waals surface area (Å²) in [7, 11) is 3.63. The molecule has 0 spiro atoms. The number of nitrogens with zero attached hydrogens (tertiary/aromatic N) is 2. The zero-order chi connectivity index (χ0) is 20.9. The van der Waals surface area contributed by atoms with Crippen molar-refractivity contribution >= 4 is 5.91 Å². The van der Waals surface area contributed by atoms with E-state index < -0.39 is 5.60 Å². The van der Waals surface area contributed by atoms with Crippen molar-refractivity contribution in [3.63, 3.8) is 0 Å². The van der Waals surface area contributed by atoms with Gasteiger partial charge in [-0.2, -0.15) is 0 Å². The summed E-state index contributed by atoms with van der Waals surface area (Å²) >= 11 is 0. The number of aliphatic hydroxyl groups is 1. The number of hydrogen-bond donors (Lipinski definition) is 1. The highest BCUT2D eigenvalue weighted by atomic mass is 16.5. The number of hydrogen-bond acceptors (Lipinski definition) is 4. The highest BCUT2D eigenvalue weighted by Crippen LogP contribution is 2.32. The number of piperidine rings is 1. The van der Waals surface area contributed by atoms with E-state index in [1.165, 1.54) is 24.8 Å². The molecule has 0 aromatic heterocycles. The van der Waals surface area contributed by atoms with Gasteiger partial charge in [0.1, 0.15) is 5.75 Å². The maximum Gasteiger partial charge on any atom is 0.228 e. The van der Waals surface area contributed by atoms with Crippen molar-refractivity contribution < 1.29 is 14.6 Å². The molecule has 1 saturated heterocycles. The Balaban J connectivity index is 1.49. The molecule has 1 aromatic rings. The second kappa shape index (κ2) is 9.94. The van der Waals surface area contributed by atoms with Crippen LogP contribution < -0.4 is 4.74 Å². The molecule has 5 nitrogen and oxygen atoms in total. The summed E-state index contributed by atoms with van der Waals surface area (Å²) < 4.78 is 5.30. The van der Waals surface area contributed by atoms with Crippen molar-refractivity contribution in [1.29, 1.82) is 0 Å². The van der Waals surface area contributed by atoms with Crippen molar-refractivity contribution in [2.24, 2.45) is 5.92 Å². The van der Waals surface area contributed by atoms with E-state index in [9.17, 15) is 9.90 Å². The van der Waals surface area contributed by atoms with Gasteiger partial charge in [-0.25, -0.2) is 0 Å². The molecule has 0 radical (unpaired) electrons. The van der Waals surface area contributed by atoms with Gasteiger partial charge in [-0.3, -0.25) is 4.79 Å². The average molecular weight is 403 g/mol. The molecule has 2 aliphatic rings. The minimum atomic E-state index is -0.882. The van der Waals surface area contributed by atoms with Crippen molar-refractivity contribution in [2.75, 3.05) is 33.8 Å². The number of benzene rings is 1. The third-order valence-electron chi connectivity index (χ3n) is 7.22. The summed E-state index contributed by atoms with van der Waals surface area (Å²) in [6.45, 7) is 4.57. The Bertz CT molecular complexity index is 664. The normalized spacial score (nSPS) is 21.5. The Hall–Kier alpha value is -1.59. The van der Waals surface area contributed by atoms with Crippen LogP contribution in [0, 0.1) is 5.92 Å². The Morgan fingerprint density at radius 3 is 2.62 bits per heavy atom. The van der Waals surface area contributed by atoms with Crippen LogP contribution >= 0.6 is 0 Å². The van der Waals surface area contributed by atoms with Gasteiger partial charge in [-0.1, -0.05) is 38.3 Å². The minimum absolute atomic E-state index is 0.115. The van der Waals surface area contributed by atoms with E-state index in [-0.39, 0.29) is 11.8 Å². The quantitative estimate of drug-likeness (QED) is 0.759. The van der Waals surface area contributed by atoms with Gasteiger partial charge in [0.25, 0.3) is 0 Å². The Morgan fingerprint density at radius 2 is 1.97 bits per heavy atom. The van der Waals surface area contributed by atoms with Gasteiger partial charge in [0, 0.05) is 32.7 Å². The van der Waals surface area contributed by atoms with Gasteiger partial charge in [0.15, 0.2) is 0 Å². The first-order valence-electron chi connectivity index (χ1n) is 11.3. The maximum absolute atomic E-state index is 13.0. The summed E-state index contributed by atoms with van der Waals surface area (Å²) in [5.74, 6) is 0.670. The third kappa shape index (κ3) is 5.52. The lowest BCUT2D eigenvalue weighted by Crippen LogP contribution is -2.54. The topological polar surface area (TPSA) is 53.0 Å². The molecular formula is C24H38N2O3. The summed E-state index contributed by atoms with van der Waals surface area (Å²) in [5, 5.41) is 11.2. The van der Waals surface area contributed by atoms with E-state index in [2.05, 4.69) is 17.0 Å². The highest BCUT2D eigenvalue weighted by Gasteiger charge is 2.42. The molecule has 1 aliphatic heterocycles. The molecular weight excluding hydrogens is 364 g/mol. The number of amides is 1. The van der Waals surface area contributed by atoms with Crippen LogP contribution in [-0.2, 0) is 11.2 Å². The van der Waals surface area contributed by atoms with Crippen LogP contribution in [0.3, 0.4) is 0 Å². The third-order valence-corrected chi connectivity index (χ3v) is 7.22. The molecule has 1 N–H and O–H groups in total. The molecule has 0 bridgehead atoms. The van der Waals surface area contributed by atoms with Crippen molar-refractivity contribution in [3.8, 4) is 5.75 Å². The van der Waals surface area contributed by atoms with Gasteiger partial charge in [-0.05, 0) is 49.8 Å². The zero-order valence-corrected chi connectivity index (χ0v) is 18.4. The van der Waals surface area contributed by atoms with E-state index in [4.69, 9.17) is 4.74 Å². The van der Waals surface area contributed by atoms with Crippen LogP contribution in [0.4, 0.5) is 0 Å². The SMILES string of the molecule is COc1cccc(CCN2CCC(O)(C(C)C(=O)N(C)C3CCCCC3)CC2)c1. The average Bonchev–Trinajstić information content (AvgIpc) is 2.78. The second-order valence-corrected chi connectivity index (χ2v) is 9.01. The molecule has 1 aliphatic carbocycles. The zero-order valence-electron chi connectivity index (χ0n) is 18.4. The highest BCUT2D eigenvalue weighted by molar-refractivity contribution is 5.79. The monoisotopic (exact) mass is 402 g/mol. The molecule has 162 valence electrons. The molecule has 1 unspecified atom stereocenters. The molecule has 3 rings (SSSR count). The first-order chi connectivity index (χ1) is 13.9. The predicted octanol–water partition coefficient (Wildman–Crippen LogP) is 3.49. The van der Waals surface area contributed by atoms with E-state index in [0.29, 0.717) is 18.9 Å². The molecule has 5 heteroatoms. The van der Waals surface area contributed by atoms with Crippen LogP contribution in [0.25, 0.3) is 0 Å². The van der Waals surface area contributed by atoms with Crippen molar-refractivity contribution in [3.05, 3.63) is 29.8 Å². The number of carbonyl (C=O) groups excluding carboxylic acids is 1. The molecule has 1 aromatic carbocycles. The second-order valence-electron chi connectivity index (χ2n) is 9.01. The van der Waals surface area contributed by atoms with Crippen molar-refractivity contribution in [2.45, 2.75) is 69.9 Å². The lowest BCUT2D eigenvalue weighted by atomic mass is 9.79. The predicted molar refractivity (Wildman–Crippen MR) is 116 cm³/mol. The Morgan fingerprint density at radius 1 is 1.28 bits per heavy atom. The van der Waals surface area contributed by atoms with Crippen LogP contribution in [0.15, 0.2) is 24.3 Å². The van der Waals surface area contributed by atoms with Gasteiger partial charge < -0.3 is 19.6 Å². The molecule has 1 heterocycles. The van der Waals surface area contributed by atoms with Gasteiger partial charge >= 0.3 is 0 Å². The maximum atomic E-state index is 13.0. The summed E-state index contributed by atoms with van der Waals surface area (Å²) in [6, 6.07) is 8.56. The van der Waals surface area contributed by atoms with Gasteiger partial charge in [-0.15, -0.1) is 0 Å². The first kappa shape index (κ1) is 22.1. The van der Waals surface area contributed by atoms with E-state index in [1.807, 2.05) is 31.0 Å². The summed E-state index contributed by atoms with van der Waals surface area (Å²) in [5.41, 5.74) is 0.384. The van der Waals surface area contributed by atoms with Crippen molar-refractivity contribution in [1.82, 2.24) is 9.80 Å². The molecule has 29 heavy (non-hydrogen) atoms. The number of likely N-dealkylation sites (tertiary alicyclic amines) is 1. The van der Waals surface area contributed by atoms with E-state index in [1.54, 1.807) is 7.11 Å². The van der Waals surface area contributed by atoms with Crippen LogP contribution in [-0.4, -0.2) is 66.2 Å². The van der Waals surface area contributed by atoms with Crippen LogP contribution in [0.5, 0.6) is 5.75 Å². The van der Waals surface area contributed by atoms with E-state index in [0.717, 1.165) is 44.6 Å². The van der Waals surface area contributed by atoms with E-state index >= 15 is 0 Å². The largest absolute Gasteiger partial charge is 0.497 e. The molecule has 2 fully saturated rings. The molecule has 1 atom stereocenters. The first-order valence-corrected chi connectivity index (χ1v) is 11.3. The fraction of sp³-hybridized carbons (Fsp3) is 0.708. The number of rotatable bonds is 7. The van der Waals surface area contributed by atoms with Gasteiger partial charge in [0.2, 0.25) is 5.91 Å². The Labute approximate surface area is 176 Å². The minimum Gasteiger partial charge on any atom is -0.497 e. The fourth-order valence-electron chi connectivity index (χ4n) is 4.90. The molecule has 1 saturated carbocycles. The van der Waals surface area contributed by atoms with Crippen LogP contribution in [0.2, 0.25) is 0 Å². The number of methoxy groups -OCH3 is 1. The molecule has 1 amide bonds.